The summed E-state index contributed by atoms with van der Waals surface area (Å²) in [6.07, 6.45) is -1.98. The van der Waals surface area contributed by atoms with Gasteiger partial charge in [0, 0.05) is 7.05 Å². The van der Waals surface area contributed by atoms with Gasteiger partial charge in [0.15, 0.2) is 0 Å². The zero-order valence-electron chi connectivity index (χ0n) is 14.8. The van der Waals surface area contributed by atoms with E-state index in [1.807, 2.05) is 51.1 Å². The van der Waals surface area contributed by atoms with Crippen LogP contribution in [0.1, 0.15) is 39.4 Å². The predicted molar refractivity (Wildman–Crippen MR) is 89.7 cm³/mol. The Morgan fingerprint density at radius 1 is 1.21 bits per heavy atom. The van der Waals surface area contributed by atoms with E-state index in [1.54, 1.807) is 19.0 Å². The van der Waals surface area contributed by atoms with Crippen molar-refractivity contribution >= 4 is 12.0 Å². The van der Waals surface area contributed by atoms with Gasteiger partial charge in [0.25, 0.3) is 5.91 Å². The first-order chi connectivity index (χ1) is 11.3. The van der Waals surface area contributed by atoms with Crippen molar-refractivity contribution in [1.82, 2.24) is 10.0 Å². The molecule has 24 heavy (non-hydrogen) atoms. The summed E-state index contributed by atoms with van der Waals surface area (Å²) < 4.78 is 5.52. The molecule has 0 aromatic heterocycles. The molecular formula is C18H26N2O4. The number of hydrogen-bond donors (Lipinski definition) is 1. The average Bonchev–Trinajstić information content (AvgIpc) is 2.57. The van der Waals surface area contributed by atoms with E-state index in [1.165, 1.54) is 0 Å². The minimum atomic E-state index is -0.819. The third kappa shape index (κ3) is 3.44. The van der Waals surface area contributed by atoms with Crippen LogP contribution in [0.15, 0.2) is 30.3 Å². The molecule has 1 aliphatic heterocycles. The van der Waals surface area contributed by atoms with Crippen molar-refractivity contribution in [3.8, 4) is 0 Å². The van der Waals surface area contributed by atoms with Gasteiger partial charge in [0.1, 0.15) is 6.10 Å². The molecule has 0 saturated carbocycles. The van der Waals surface area contributed by atoms with Gasteiger partial charge in [-0.15, -0.1) is 0 Å². The molecule has 2 rings (SSSR count). The number of ether oxygens (including phenoxy) is 1. The number of hydrazine groups is 1. The smallest absolute Gasteiger partial charge is 0.432 e. The summed E-state index contributed by atoms with van der Waals surface area (Å²) in [7, 11) is 1.69. The van der Waals surface area contributed by atoms with Crippen molar-refractivity contribution in [2.24, 2.45) is 11.8 Å². The Bertz CT molecular complexity index is 590. The fraction of sp³-hybridized carbons (Fsp3) is 0.556. The molecule has 1 fully saturated rings. The number of aliphatic hydroxyl groups is 1. The van der Waals surface area contributed by atoms with Crippen LogP contribution >= 0.6 is 0 Å². The highest BCUT2D eigenvalue weighted by Gasteiger charge is 2.44. The van der Waals surface area contributed by atoms with Gasteiger partial charge in [-0.25, -0.2) is 9.80 Å². The maximum absolute atomic E-state index is 12.7. The number of carbonyl (C=O) groups excluding carboxylic acids is 2. The van der Waals surface area contributed by atoms with Gasteiger partial charge in [-0.1, -0.05) is 51.1 Å². The third-order valence-electron chi connectivity index (χ3n) is 4.67. The SMILES string of the molecule is CC(C)[C@@H](O)[C@H](C)C(=O)N1C(=O)O[C@H](c2ccccc2)[C@H](C)N1C. The summed E-state index contributed by atoms with van der Waals surface area (Å²) in [5.41, 5.74) is 0.882. The Hall–Kier alpha value is -1.92. The van der Waals surface area contributed by atoms with Crippen LogP contribution in [0.4, 0.5) is 4.79 Å². The van der Waals surface area contributed by atoms with Crippen LogP contribution in [-0.2, 0) is 9.53 Å². The van der Waals surface area contributed by atoms with Crippen LogP contribution in [0.2, 0.25) is 0 Å². The van der Waals surface area contributed by atoms with Gasteiger partial charge in [-0.3, -0.25) is 4.79 Å². The maximum Gasteiger partial charge on any atom is 0.432 e. The van der Waals surface area contributed by atoms with Crippen molar-refractivity contribution in [3.05, 3.63) is 35.9 Å². The zero-order valence-corrected chi connectivity index (χ0v) is 14.8. The van der Waals surface area contributed by atoms with Crippen LogP contribution < -0.4 is 0 Å². The van der Waals surface area contributed by atoms with Crippen LogP contribution in [0, 0.1) is 11.8 Å². The summed E-state index contributed by atoms with van der Waals surface area (Å²) in [5, 5.41) is 12.7. The summed E-state index contributed by atoms with van der Waals surface area (Å²) >= 11 is 0. The van der Waals surface area contributed by atoms with Crippen molar-refractivity contribution in [3.63, 3.8) is 0 Å². The summed E-state index contributed by atoms with van der Waals surface area (Å²) in [6, 6.07) is 9.24. The van der Waals surface area contributed by atoms with Crippen molar-refractivity contribution in [1.29, 1.82) is 0 Å². The molecule has 0 aliphatic carbocycles. The molecule has 6 nitrogen and oxygen atoms in total. The summed E-state index contributed by atoms with van der Waals surface area (Å²) in [6.45, 7) is 7.19. The standard InChI is InChI=1S/C18H26N2O4/c1-11(2)15(21)12(3)17(22)20-18(23)24-16(13(4)19(20)5)14-9-7-6-8-10-14/h6-13,15-16,21H,1-5H3/t12-,13-,15+,16-/m0/s1. The molecule has 0 unspecified atom stereocenters. The highest BCUT2D eigenvalue weighted by Crippen LogP contribution is 2.31. The Morgan fingerprint density at radius 3 is 2.33 bits per heavy atom. The molecule has 1 aromatic rings. The average molecular weight is 334 g/mol. The molecule has 1 saturated heterocycles. The first-order valence-electron chi connectivity index (χ1n) is 8.26. The Morgan fingerprint density at radius 2 is 1.79 bits per heavy atom. The van der Waals surface area contributed by atoms with E-state index >= 15 is 0 Å². The molecule has 1 aromatic carbocycles. The molecule has 2 amide bonds. The van der Waals surface area contributed by atoms with E-state index in [0.717, 1.165) is 10.6 Å². The lowest BCUT2D eigenvalue weighted by Gasteiger charge is -2.43. The zero-order chi connectivity index (χ0) is 18.0. The van der Waals surface area contributed by atoms with E-state index in [9.17, 15) is 14.7 Å². The molecule has 0 radical (unpaired) electrons. The largest absolute Gasteiger partial charge is 0.438 e. The van der Waals surface area contributed by atoms with Crippen LogP contribution in [0.5, 0.6) is 0 Å². The molecule has 0 bridgehead atoms. The second-order valence-corrected chi connectivity index (χ2v) is 6.70. The van der Waals surface area contributed by atoms with Gasteiger partial charge in [0.2, 0.25) is 0 Å². The number of imide groups is 1. The first kappa shape index (κ1) is 18.4. The molecular weight excluding hydrogens is 308 g/mol. The van der Waals surface area contributed by atoms with E-state index in [-0.39, 0.29) is 12.0 Å². The number of aliphatic hydroxyl groups excluding tert-OH is 1. The first-order valence-corrected chi connectivity index (χ1v) is 8.26. The van der Waals surface area contributed by atoms with Gasteiger partial charge in [-0.05, 0) is 18.4 Å². The number of cyclic esters (lactones) is 1. The lowest BCUT2D eigenvalue weighted by atomic mass is 9.94. The number of nitrogens with zero attached hydrogens (tertiary/aromatic N) is 2. The van der Waals surface area contributed by atoms with Crippen LogP contribution in [-0.4, -0.2) is 46.3 Å². The lowest BCUT2D eigenvalue weighted by molar-refractivity contribution is -0.170. The number of rotatable bonds is 4. The van der Waals surface area contributed by atoms with E-state index in [2.05, 4.69) is 0 Å². The maximum atomic E-state index is 12.7. The fourth-order valence-corrected chi connectivity index (χ4v) is 2.91. The second kappa shape index (κ2) is 7.32. The molecule has 4 atom stereocenters. The Labute approximate surface area is 143 Å². The van der Waals surface area contributed by atoms with Gasteiger partial charge in [0.05, 0.1) is 18.1 Å². The number of benzene rings is 1. The molecule has 1 N–H and O–H groups in total. The number of carbonyl (C=O) groups is 2. The minimum absolute atomic E-state index is 0.0791. The van der Waals surface area contributed by atoms with Gasteiger partial charge in [-0.2, -0.15) is 5.01 Å². The third-order valence-corrected chi connectivity index (χ3v) is 4.67. The van der Waals surface area contributed by atoms with Crippen molar-refractivity contribution in [2.45, 2.75) is 45.9 Å². The monoisotopic (exact) mass is 334 g/mol. The van der Waals surface area contributed by atoms with Gasteiger partial charge < -0.3 is 9.84 Å². The predicted octanol–water partition coefficient (Wildman–Crippen LogP) is 2.59. The van der Waals surface area contributed by atoms with Gasteiger partial charge >= 0.3 is 6.09 Å². The highest BCUT2D eigenvalue weighted by molar-refractivity contribution is 5.93. The van der Waals surface area contributed by atoms with Crippen molar-refractivity contribution < 1.29 is 19.4 Å². The number of hydrogen-bond acceptors (Lipinski definition) is 5. The van der Waals surface area contributed by atoms with E-state index in [4.69, 9.17) is 4.74 Å². The second-order valence-electron chi connectivity index (χ2n) is 6.70. The number of likely N-dealkylation sites (N-methyl/N-ethyl adjacent to an activating group) is 1. The lowest BCUT2D eigenvalue weighted by Crippen LogP contribution is -2.60. The molecule has 0 spiro atoms. The van der Waals surface area contributed by atoms with E-state index in [0.29, 0.717) is 0 Å². The normalized spacial score (nSPS) is 24.6. The summed E-state index contributed by atoms with van der Waals surface area (Å²) in [4.78, 5) is 25.1. The Balaban J connectivity index is 2.20. The minimum Gasteiger partial charge on any atom is -0.438 e. The van der Waals surface area contributed by atoms with Crippen molar-refractivity contribution in [2.75, 3.05) is 7.05 Å². The quantitative estimate of drug-likeness (QED) is 0.916. The summed E-state index contributed by atoms with van der Waals surface area (Å²) in [5.74, 6) is -1.23. The molecule has 1 aliphatic rings. The van der Waals surface area contributed by atoms with E-state index < -0.39 is 30.1 Å². The Kier molecular flexibility index (Phi) is 5.62. The number of amides is 2. The molecule has 6 heteroatoms. The van der Waals surface area contributed by atoms with Crippen LogP contribution in [0.25, 0.3) is 0 Å². The fourth-order valence-electron chi connectivity index (χ4n) is 2.91. The topological polar surface area (TPSA) is 70.1 Å². The van der Waals surface area contributed by atoms with Crippen LogP contribution in [0.3, 0.4) is 0 Å². The molecule has 1 heterocycles. The highest BCUT2D eigenvalue weighted by atomic mass is 16.6. The molecule has 132 valence electrons.